The summed E-state index contributed by atoms with van der Waals surface area (Å²) in [6, 6.07) is 7.58. The second-order valence-electron chi connectivity index (χ2n) is 6.33. The summed E-state index contributed by atoms with van der Waals surface area (Å²) in [7, 11) is 0. The first-order chi connectivity index (χ1) is 13.0. The quantitative estimate of drug-likeness (QED) is 0.714. The lowest BCUT2D eigenvalue weighted by Gasteiger charge is -2.31. The molecular weight excluding hydrogens is 353 g/mol. The van der Waals surface area contributed by atoms with Gasteiger partial charge in [0.2, 0.25) is 5.91 Å². The maximum atomic E-state index is 13.6. The van der Waals surface area contributed by atoms with Gasteiger partial charge in [-0.3, -0.25) is 14.9 Å². The Morgan fingerprint density at radius 1 is 1.44 bits per heavy atom. The van der Waals surface area contributed by atoms with E-state index in [0.29, 0.717) is 17.9 Å². The summed E-state index contributed by atoms with van der Waals surface area (Å²) >= 11 is 0. The average molecular weight is 375 g/mol. The second kappa shape index (κ2) is 8.17. The molecule has 1 aliphatic rings. The van der Waals surface area contributed by atoms with Gasteiger partial charge in [-0.2, -0.15) is 5.10 Å². The molecule has 2 amide bonds. The number of anilines is 1. The average Bonchev–Trinajstić information content (AvgIpc) is 3.00. The molecule has 2 aromatic rings. The maximum Gasteiger partial charge on any atom is 0.263 e. The zero-order valence-electron chi connectivity index (χ0n) is 15.2. The summed E-state index contributed by atoms with van der Waals surface area (Å²) in [6.07, 6.45) is 0.626. The number of benzene rings is 1. The predicted molar refractivity (Wildman–Crippen MR) is 96.5 cm³/mol. The Morgan fingerprint density at radius 3 is 2.96 bits per heavy atom. The molecule has 0 spiro atoms. The van der Waals surface area contributed by atoms with Crippen molar-refractivity contribution in [1.82, 2.24) is 20.4 Å². The van der Waals surface area contributed by atoms with Crippen molar-refractivity contribution in [2.45, 2.75) is 39.0 Å². The molecule has 3 N–H and O–H groups in total. The summed E-state index contributed by atoms with van der Waals surface area (Å²) in [5.41, 5.74) is 0.676. The number of aryl methyl sites for hydroxylation is 1. The maximum absolute atomic E-state index is 13.6. The number of hydrogen-bond donors (Lipinski definition) is 3. The molecule has 0 saturated carbocycles. The molecule has 3 rings (SSSR count). The highest BCUT2D eigenvalue weighted by Gasteiger charge is 2.28. The van der Waals surface area contributed by atoms with Gasteiger partial charge in [0.15, 0.2) is 24.5 Å². The van der Waals surface area contributed by atoms with Gasteiger partial charge < -0.3 is 15.4 Å². The molecular formula is C18H22FN5O3. The van der Waals surface area contributed by atoms with Crippen LogP contribution in [0.1, 0.15) is 31.7 Å². The molecule has 1 aromatic carbocycles. The van der Waals surface area contributed by atoms with Crippen molar-refractivity contribution in [3.63, 3.8) is 0 Å². The largest absolute Gasteiger partial charge is 0.481 e. The Balaban J connectivity index is 1.67. The fourth-order valence-corrected chi connectivity index (χ4v) is 2.84. The Hall–Kier alpha value is -2.94. The molecule has 0 bridgehead atoms. The van der Waals surface area contributed by atoms with Crippen molar-refractivity contribution >= 4 is 17.6 Å². The van der Waals surface area contributed by atoms with E-state index in [1.54, 1.807) is 25.1 Å². The van der Waals surface area contributed by atoms with Gasteiger partial charge in [-0.05, 0) is 25.5 Å². The van der Waals surface area contributed by atoms with Crippen LogP contribution in [0.2, 0.25) is 0 Å². The van der Waals surface area contributed by atoms with Gasteiger partial charge >= 0.3 is 0 Å². The smallest absolute Gasteiger partial charge is 0.263 e. The van der Waals surface area contributed by atoms with E-state index in [1.807, 2.05) is 6.92 Å². The first-order valence-corrected chi connectivity index (χ1v) is 8.75. The molecule has 8 nitrogen and oxygen atoms in total. The summed E-state index contributed by atoms with van der Waals surface area (Å²) in [5, 5.41) is 13.1. The molecule has 1 aliphatic heterocycles. The van der Waals surface area contributed by atoms with Gasteiger partial charge in [0.05, 0.1) is 5.69 Å². The normalized spacial score (nSPS) is 19.4. The third-order valence-corrected chi connectivity index (χ3v) is 4.18. The number of carbonyl (C=O) groups is 2. The second-order valence-corrected chi connectivity index (χ2v) is 6.33. The number of nitrogens with zero attached hydrogens (tertiary/aromatic N) is 2. The van der Waals surface area contributed by atoms with Crippen molar-refractivity contribution in [1.29, 1.82) is 0 Å². The summed E-state index contributed by atoms with van der Waals surface area (Å²) < 4.78 is 20.3. The Bertz CT molecular complexity index is 838. The van der Waals surface area contributed by atoms with Crippen molar-refractivity contribution in [3.8, 4) is 5.75 Å². The predicted octanol–water partition coefficient (Wildman–Crippen LogP) is 1.69. The Kier molecular flexibility index (Phi) is 5.70. The lowest BCUT2D eigenvalue weighted by molar-refractivity contribution is -0.125. The van der Waals surface area contributed by atoms with Crippen LogP contribution in [0.5, 0.6) is 5.75 Å². The third kappa shape index (κ3) is 4.62. The number of hydrogen-bond acceptors (Lipinski definition) is 5. The zero-order chi connectivity index (χ0) is 19.4. The van der Waals surface area contributed by atoms with Crippen LogP contribution in [-0.2, 0) is 9.59 Å². The van der Waals surface area contributed by atoms with Crippen molar-refractivity contribution in [3.05, 3.63) is 41.8 Å². The minimum atomic E-state index is -0.562. The number of rotatable bonds is 6. The van der Waals surface area contributed by atoms with E-state index in [4.69, 9.17) is 4.74 Å². The minimum absolute atomic E-state index is 0.00402. The van der Waals surface area contributed by atoms with Gasteiger partial charge in [-0.25, -0.2) is 9.07 Å². The van der Waals surface area contributed by atoms with Crippen LogP contribution in [0, 0.1) is 12.7 Å². The molecule has 9 heteroatoms. The van der Waals surface area contributed by atoms with E-state index in [9.17, 15) is 14.0 Å². The molecule has 144 valence electrons. The Morgan fingerprint density at radius 2 is 2.22 bits per heavy atom. The minimum Gasteiger partial charge on any atom is -0.481 e. The van der Waals surface area contributed by atoms with Crippen LogP contribution in [0.3, 0.4) is 0 Å². The summed E-state index contributed by atoms with van der Waals surface area (Å²) in [5.74, 6) is -0.674. The molecule has 1 saturated heterocycles. The van der Waals surface area contributed by atoms with Crippen LogP contribution in [0.15, 0.2) is 30.3 Å². The molecule has 1 aromatic heterocycles. The van der Waals surface area contributed by atoms with Gasteiger partial charge in [0, 0.05) is 18.5 Å². The van der Waals surface area contributed by atoms with E-state index in [2.05, 4.69) is 21.0 Å². The van der Waals surface area contributed by atoms with E-state index in [-0.39, 0.29) is 24.3 Å². The number of ether oxygens (including phenoxy) is 1. The molecule has 0 radical (unpaired) electrons. The molecule has 2 heterocycles. The van der Waals surface area contributed by atoms with Gasteiger partial charge in [0.25, 0.3) is 5.91 Å². The topological polar surface area (TPSA) is 97.3 Å². The van der Waals surface area contributed by atoms with Crippen LogP contribution >= 0.6 is 0 Å². The van der Waals surface area contributed by atoms with Crippen LogP contribution in [0.25, 0.3) is 0 Å². The van der Waals surface area contributed by atoms with E-state index in [1.165, 1.54) is 16.8 Å². The number of carbonyl (C=O) groups excluding carboxylic acids is 2. The molecule has 2 atom stereocenters. The fourth-order valence-electron chi connectivity index (χ4n) is 2.84. The zero-order valence-corrected chi connectivity index (χ0v) is 15.2. The first-order valence-electron chi connectivity index (χ1n) is 8.75. The Labute approximate surface area is 156 Å². The first kappa shape index (κ1) is 18.8. The highest BCUT2D eigenvalue weighted by atomic mass is 19.1. The lowest BCUT2D eigenvalue weighted by Crippen LogP contribution is -2.53. The fraction of sp³-hybridized carbons (Fsp3) is 0.389. The monoisotopic (exact) mass is 375 g/mol. The standard InChI is InChI=1S/C18H22FN5O3/c1-3-12-9-16(25)22-18(20-12)24-15(8-11(2)23-24)21-17(26)10-27-14-7-5-4-6-13(14)19/h4-8,12,18,20H,3,9-10H2,1-2H3,(H,21,26)(H,22,25). The lowest BCUT2D eigenvalue weighted by atomic mass is 10.1. The number of nitrogens with one attached hydrogen (secondary N) is 3. The number of aromatic nitrogens is 2. The highest BCUT2D eigenvalue weighted by Crippen LogP contribution is 2.19. The van der Waals surface area contributed by atoms with Gasteiger partial charge in [0.1, 0.15) is 5.82 Å². The number of para-hydroxylation sites is 1. The van der Waals surface area contributed by atoms with E-state index >= 15 is 0 Å². The van der Waals surface area contributed by atoms with Crippen LogP contribution < -0.4 is 20.7 Å². The van der Waals surface area contributed by atoms with Crippen LogP contribution in [-0.4, -0.2) is 34.2 Å². The van der Waals surface area contributed by atoms with E-state index < -0.39 is 18.0 Å². The highest BCUT2D eigenvalue weighted by molar-refractivity contribution is 5.91. The molecule has 2 unspecified atom stereocenters. The third-order valence-electron chi connectivity index (χ3n) is 4.18. The number of amides is 2. The molecule has 1 fully saturated rings. The molecule has 0 aliphatic carbocycles. The number of halogens is 1. The van der Waals surface area contributed by atoms with Crippen molar-refractivity contribution in [2.24, 2.45) is 0 Å². The van der Waals surface area contributed by atoms with Crippen molar-refractivity contribution in [2.75, 3.05) is 11.9 Å². The molecule has 27 heavy (non-hydrogen) atoms. The van der Waals surface area contributed by atoms with Gasteiger partial charge in [-0.15, -0.1) is 0 Å². The van der Waals surface area contributed by atoms with E-state index in [0.717, 1.165) is 6.42 Å². The summed E-state index contributed by atoms with van der Waals surface area (Å²) in [4.78, 5) is 24.1. The van der Waals surface area contributed by atoms with Crippen molar-refractivity contribution < 1.29 is 18.7 Å². The van der Waals surface area contributed by atoms with Gasteiger partial charge in [-0.1, -0.05) is 19.1 Å². The summed E-state index contributed by atoms with van der Waals surface area (Å²) in [6.45, 7) is 3.42. The SMILES string of the molecule is CCC1CC(=O)NC(n2nc(C)cc2NC(=O)COc2ccccc2F)N1. The van der Waals surface area contributed by atoms with Crippen LogP contribution in [0.4, 0.5) is 10.2 Å².